The molecule has 0 aliphatic rings. The van der Waals surface area contributed by atoms with Crippen molar-refractivity contribution in [1.82, 2.24) is 0 Å². The third kappa shape index (κ3) is 18.0. The monoisotopic (exact) mass is 670 g/mol. The third-order valence-corrected chi connectivity index (χ3v) is 11.3. The summed E-state index contributed by atoms with van der Waals surface area (Å²) in [5.41, 5.74) is 2.67. The van der Waals surface area contributed by atoms with Crippen molar-refractivity contribution in [1.29, 1.82) is 0 Å². The number of unbranched alkanes of at least 4 members (excludes halogenated alkanes) is 18. The fraction of sp³-hybridized carbons (Fsp3) is 0.714. The first-order chi connectivity index (χ1) is 22.8. The number of benzene rings is 2. The summed E-state index contributed by atoms with van der Waals surface area (Å²) in [6.45, 7) is 5.23. The van der Waals surface area contributed by atoms with E-state index in [1.807, 2.05) is 0 Å². The lowest BCUT2D eigenvalue weighted by molar-refractivity contribution is -0.969. The summed E-state index contributed by atoms with van der Waals surface area (Å²) in [7, 11) is -1.90. The Kier molecular flexibility index (Phi) is 22.3. The van der Waals surface area contributed by atoms with Crippen LogP contribution in [0.15, 0.2) is 60.7 Å². The first kappa shape index (κ1) is 41.5. The minimum atomic E-state index is -4.26. The highest BCUT2D eigenvalue weighted by atomic mass is 32.2. The van der Waals surface area contributed by atoms with E-state index in [4.69, 9.17) is 0 Å². The van der Waals surface area contributed by atoms with E-state index in [1.54, 1.807) is 0 Å². The minimum absolute atomic E-state index is 0.243. The molecule has 268 valence electrons. The van der Waals surface area contributed by atoms with Crippen LogP contribution in [0.25, 0.3) is 0 Å². The average Bonchev–Trinajstić information content (AvgIpc) is 3.06. The smallest absolute Gasteiger partial charge is 0.115 e. The van der Waals surface area contributed by atoms with Gasteiger partial charge in [0.2, 0.25) is 0 Å². The van der Waals surface area contributed by atoms with E-state index in [9.17, 15) is 13.0 Å². The van der Waals surface area contributed by atoms with E-state index in [0.717, 1.165) is 17.3 Å². The van der Waals surface area contributed by atoms with Crippen molar-refractivity contribution in [2.24, 2.45) is 0 Å². The normalized spacial score (nSPS) is 14.6. The quantitative estimate of drug-likeness (QED) is 0.0472. The molecule has 2 aromatic rings. The lowest BCUT2D eigenvalue weighted by Gasteiger charge is -2.48. The molecular formula is C42H71NO3S. The molecule has 0 heterocycles. The van der Waals surface area contributed by atoms with Gasteiger partial charge in [0.15, 0.2) is 0 Å². The number of nitrogens with zero attached hydrogens (tertiary/aromatic N) is 1. The van der Waals surface area contributed by atoms with Crippen LogP contribution in [0.5, 0.6) is 0 Å². The molecule has 0 aromatic heterocycles. The van der Waals surface area contributed by atoms with E-state index < -0.39 is 10.1 Å². The first-order valence-electron chi connectivity index (χ1n) is 19.7. The Balaban J connectivity index is 2.19. The number of hydrogen-bond acceptors (Lipinski definition) is 3. The first-order valence-corrected chi connectivity index (χ1v) is 21.3. The van der Waals surface area contributed by atoms with Crippen LogP contribution in [-0.2, 0) is 10.1 Å². The molecule has 4 nitrogen and oxygen atoms in total. The molecule has 0 amide bonds. The van der Waals surface area contributed by atoms with Gasteiger partial charge in [0.1, 0.15) is 12.1 Å². The molecule has 2 atom stereocenters. The maximum atomic E-state index is 11.8. The summed E-state index contributed by atoms with van der Waals surface area (Å²) in [5, 5.41) is 0. The lowest BCUT2D eigenvalue weighted by atomic mass is 9.89. The molecular weight excluding hydrogens is 599 g/mol. The molecule has 0 aliphatic heterocycles. The van der Waals surface area contributed by atoms with Gasteiger partial charge in [-0.1, -0.05) is 190 Å². The molecule has 0 saturated carbocycles. The van der Waals surface area contributed by atoms with Gasteiger partial charge in [-0.2, -0.15) is 0 Å². The van der Waals surface area contributed by atoms with Gasteiger partial charge in [0.05, 0.1) is 23.7 Å². The molecule has 5 heteroatoms. The Morgan fingerprint density at radius 3 is 1.15 bits per heavy atom. The summed E-state index contributed by atoms with van der Waals surface area (Å²) in [5.74, 6) is -0.291. The highest BCUT2D eigenvalue weighted by molar-refractivity contribution is 7.85. The summed E-state index contributed by atoms with van der Waals surface area (Å²) < 4.78 is 36.1. The Labute approximate surface area is 291 Å². The van der Waals surface area contributed by atoms with E-state index >= 15 is 0 Å². The molecule has 0 radical (unpaired) electrons. The second kappa shape index (κ2) is 25.3. The van der Waals surface area contributed by atoms with Gasteiger partial charge in [-0.25, -0.2) is 8.42 Å². The molecule has 0 fully saturated rings. The fourth-order valence-corrected chi connectivity index (χ4v) is 8.20. The van der Waals surface area contributed by atoms with Gasteiger partial charge in [-0.05, 0) is 12.8 Å². The van der Waals surface area contributed by atoms with Gasteiger partial charge in [0, 0.05) is 36.1 Å². The highest BCUT2D eigenvalue weighted by Crippen LogP contribution is 2.43. The predicted molar refractivity (Wildman–Crippen MR) is 202 cm³/mol. The maximum Gasteiger partial charge on any atom is 0.115 e. The number of hydrogen-bond donors (Lipinski definition) is 0. The van der Waals surface area contributed by atoms with Gasteiger partial charge in [-0.3, -0.25) is 0 Å². The summed E-state index contributed by atoms with van der Waals surface area (Å²) in [4.78, 5) is 0. The van der Waals surface area contributed by atoms with Crippen molar-refractivity contribution < 1.29 is 17.5 Å². The molecule has 47 heavy (non-hydrogen) atoms. The predicted octanol–water partition coefficient (Wildman–Crippen LogP) is 12.5. The van der Waals surface area contributed by atoms with Crippen molar-refractivity contribution in [3.63, 3.8) is 0 Å². The Morgan fingerprint density at radius 2 is 0.830 bits per heavy atom. The van der Waals surface area contributed by atoms with Gasteiger partial charge >= 0.3 is 0 Å². The third-order valence-electron chi connectivity index (χ3n) is 10.5. The van der Waals surface area contributed by atoms with E-state index in [1.165, 1.54) is 140 Å². The van der Waals surface area contributed by atoms with E-state index in [0.29, 0.717) is 13.0 Å². The molecule has 0 N–H and O–H groups in total. The van der Waals surface area contributed by atoms with Crippen molar-refractivity contribution in [3.05, 3.63) is 71.8 Å². The van der Waals surface area contributed by atoms with Gasteiger partial charge < -0.3 is 9.04 Å². The van der Waals surface area contributed by atoms with Gasteiger partial charge in [0.25, 0.3) is 0 Å². The van der Waals surface area contributed by atoms with Crippen molar-refractivity contribution in [2.45, 2.75) is 174 Å². The number of rotatable bonds is 30. The van der Waals surface area contributed by atoms with Crippen molar-refractivity contribution >= 4 is 10.1 Å². The van der Waals surface area contributed by atoms with Crippen molar-refractivity contribution in [3.8, 4) is 0 Å². The van der Waals surface area contributed by atoms with Crippen LogP contribution in [-0.4, -0.2) is 36.8 Å². The molecule has 2 rings (SSSR count). The van der Waals surface area contributed by atoms with Crippen LogP contribution in [0.1, 0.15) is 185 Å². The zero-order valence-corrected chi connectivity index (χ0v) is 31.5. The minimum Gasteiger partial charge on any atom is -0.748 e. The largest absolute Gasteiger partial charge is 0.748 e. The molecule has 0 saturated heterocycles. The van der Waals surface area contributed by atoms with E-state index in [2.05, 4.69) is 81.6 Å². The Bertz CT molecular complexity index is 1040. The lowest BCUT2D eigenvalue weighted by Crippen LogP contribution is -2.51. The zero-order chi connectivity index (χ0) is 34.1. The van der Waals surface area contributed by atoms with Crippen molar-refractivity contribution in [2.75, 3.05) is 19.3 Å². The maximum absolute atomic E-state index is 11.8. The second-order valence-corrected chi connectivity index (χ2v) is 16.0. The van der Waals surface area contributed by atoms with Crippen LogP contribution >= 0.6 is 0 Å². The Hall–Kier alpha value is -1.69. The topological polar surface area (TPSA) is 57.2 Å². The van der Waals surface area contributed by atoms with Gasteiger partial charge in [-0.15, -0.1) is 0 Å². The summed E-state index contributed by atoms with van der Waals surface area (Å²) >= 11 is 0. The molecule has 2 aromatic carbocycles. The summed E-state index contributed by atoms with van der Waals surface area (Å²) in [6, 6.07) is 22.3. The van der Waals surface area contributed by atoms with E-state index in [-0.39, 0.29) is 17.8 Å². The SMILES string of the molecule is CCCCCCCCCCCCC(c1ccccc1)[N+](C)(CCCS(=O)(=O)[O-])C(CCCCCCCCCCCC)c1ccccc1. The Morgan fingerprint density at radius 1 is 0.511 bits per heavy atom. The summed E-state index contributed by atoms with van der Waals surface area (Å²) in [6.07, 6.45) is 28.8. The van der Waals surface area contributed by atoms with Crippen LogP contribution in [0.3, 0.4) is 0 Å². The fourth-order valence-electron chi connectivity index (χ4n) is 7.72. The molecule has 0 bridgehead atoms. The van der Waals surface area contributed by atoms with Crippen LogP contribution in [0, 0.1) is 0 Å². The molecule has 0 spiro atoms. The standard InChI is InChI=1S/C42H71NO3S/c1-4-6-8-10-12-14-16-18-20-28-35-41(39-31-24-22-25-32-39)43(3,37-30-38-47(44,45)46)42(40-33-26-23-27-34-40)36-29-21-19-17-15-13-11-9-7-5-2/h22-27,31-34,41-42H,4-21,28-30,35-38H2,1-3H3. The zero-order valence-electron chi connectivity index (χ0n) is 30.7. The second-order valence-electron chi connectivity index (χ2n) is 14.5. The highest BCUT2D eigenvalue weighted by Gasteiger charge is 2.41. The van der Waals surface area contributed by atoms with Crippen LogP contribution in [0.4, 0.5) is 0 Å². The molecule has 0 aliphatic carbocycles. The average molecular weight is 670 g/mol. The molecule has 2 unspecified atom stereocenters. The van der Waals surface area contributed by atoms with Crippen LogP contribution in [0.2, 0.25) is 0 Å². The number of quaternary nitrogens is 1. The van der Waals surface area contributed by atoms with Crippen LogP contribution < -0.4 is 0 Å².